The largest absolute Gasteiger partial charge is 0.352 e. The van der Waals surface area contributed by atoms with Gasteiger partial charge in [-0.2, -0.15) is 0 Å². The lowest BCUT2D eigenvalue weighted by Crippen LogP contribution is -2.26. The van der Waals surface area contributed by atoms with E-state index in [9.17, 15) is 9.59 Å². The molecule has 0 atom stereocenters. The Morgan fingerprint density at radius 2 is 1.88 bits per heavy atom. The van der Waals surface area contributed by atoms with E-state index in [-0.39, 0.29) is 23.5 Å². The minimum absolute atomic E-state index is 0.118. The van der Waals surface area contributed by atoms with Gasteiger partial charge >= 0.3 is 0 Å². The van der Waals surface area contributed by atoms with Crippen LogP contribution in [-0.2, 0) is 18.3 Å². The summed E-state index contributed by atoms with van der Waals surface area (Å²) in [5.74, 6) is 0.813. The van der Waals surface area contributed by atoms with Crippen molar-refractivity contribution < 1.29 is 9.59 Å². The molecule has 11 heteroatoms. The number of amides is 2. The average Bonchev–Trinajstić information content (AvgIpc) is 3.14. The second-order valence-electron chi connectivity index (χ2n) is 7.82. The van der Waals surface area contributed by atoms with Crippen molar-refractivity contribution in [3.63, 3.8) is 0 Å². The molecule has 2 aromatic carbocycles. The van der Waals surface area contributed by atoms with E-state index in [0.29, 0.717) is 39.6 Å². The molecule has 0 aliphatic heterocycles. The number of thioether (sulfide) groups is 1. The molecule has 1 aromatic heterocycles. The van der Waals surface area contributed by atoms with Crippen molar-refractivity contribution in [1.82, 2.24) is 20.1 Å². The standard InChI is InChI=1S/C23H24BrCl2N5O2S/c1-13(2)16-11-15(24)5-7-19(16)28-21(32)12-34-23-30-29-20(31(23)3)8-9-27-22(33)14-4-6-17(25)18(26)10-14/h4-7,10-11,13H,8-9,12H2,1-3H3,(H,27,33)(H,28,32). The van der Waals surface area contributed by atoms with Gasteiger partial charge in [0.05, 0.1) is 15.8 Å². The van der Waals surface area contributed by atoms with Crippen LogP contribution >= 0.6 is 50.9 Å². The lowest BCUT2D eigenvalue weighted by atomic mass is 10.0. The minimum Gasteiger partial charge on any atom is -0.352 e. The number of anilines is 1. The first kappa shape index (κ1) is 26.5. The van der Waals surface area contributed by atoms with Gasteiger partial charge in [0.1, 0.15) is 5.82 Å². The van der Waals surface area contributed by atoms with Gasteiger partial charge in [-0.25, -0.2) is 0 Å². The van der Waals surface area contributed by atoms with Crippen LogP contribution in [0.2, 0.25) is 10.0 Å². The number of rotatable bonds is 9. The number of carbonyl (C=O) groups is 2. The van der Waals surface area contributed by atoms with Gasteiger partial charge in [0.2, 0.25) is 5.91 Å². The summed E-state index contributed by atoms with van der Waals surface area (Å²) in [6.07, 6.45) is 0.486. The van der Waals surface area contributed by atoms with E-state index in [1.54, 1.807) is 12.1 Å². The molecule has 0 saturated heterocycles. The van der Waals surface area contributed by atoms with Crippen molar-refractivity contribution >= 4 is 68.4 Å². The van der Waals surface area contributed by atoms with Gasteiger partial charge in [-0.3, -0.25) is 9.59 Å². The Balaban J connectivity index is 1.51. The van der Waals surface area contributed by atoms with Crippen molar-refractivity contribution in [2.75, 3.05) is 17.6 Å². The van der Waals surface area contributed by atoms with Crippen LogP contribution in [0.15, 0.2) is 46.0 Å². The third kappa shape index (κ3) is 6.97. The summed E-state index contributed by atoms with van der Waals surface area (Å²) < 4.78 is 2.80. The van der Waals surface area contributed by atoms with Crippen molar-refractivity contribution in [1.29, 1.82) is 0 Å². The Bertz CT molecular complexity index is 1200. The van der Waals surface area contributed by atoms with E-state index in [2.05, 4.69) is 50.6 Å². The summed E-state index contributed by atoms with van der Waals surface area (Å²) in [5, 5.41) is 15.5. The van der Waals surface area contributed by atoms with Crippen molar-refractivity contribution in [3.05, 3.63) is 67.9 Å². The first-order chi connectivity index (χ1) is 16.2. The molecular weight excluding hydrogens is 561 g/mol. The highest BCUT2D eigenvalue weighted by Gasteiger charge is 2.15. The molecule has 34 heavy (non-hydrogen) atoms. The van der Waals surface area contributed by atoms with E-state index in [1.807, 2.05) is 29.8 Å². The molecule has 0 aliphatic rings. The van der Waals surface area contributed by atoms with Crippen LogP contribution in [0.25, 0.3) is 0 Å². The number of halogens is 3. The maximum atomic E-state index is 12.5. The fraction of sp³-hybridized carbons (Fsp3) is 0.304. The molecule has 0 saturated carbocycles. The normalized spacial score (nSPS) is 11.0. The lowest BCUT2D eigenvalue weighted by molar-refractivity contribution is -0.113. The highest BCUT2D eigenvalue weighted by molar-refractivity contribution is 9.10. The number of benzene rings is 2. The highest BCUT2D eigenvalue weighted by atomic mass is 79.9. The van der Waals surface area contributed by atoms with Gasteiger partial charge in [-0.1, -0.05) is 64.7 Å². The summed E-state index contributed by atoms with van der Waals surface area (Å²) in [5.41, 5.74) is 2.30. The van der Waals surface area contributed by atoms with Crippen molar-refractivity contribution in [2.45, 2.75) is 31.3 Å². The molecule has 0 unspecified atom stereocenters. The Hall–Kier alpha value is -2.07. The zero-order valence-corrected chi connectivity index (χ0v) is 22.8. The lowest BCUT2D eigenvalue weighted by Gasteiger charge is -2.14. The average molecular weight is 585 g/mol. The predicted molar refractivity (Wildman–Crippen MR) is 141 cm³/mol. The molecule has 0 aliphatic carbocycles. The van der Waals surface area contributed by atoms with Gasteiger partial charge in [0, 0.05) is 35.7 Å². The molecule has 2 amide bonds. The van der Waals surface area contributed by atoms with Crippen LogP contribution in [0.3, 0.4) is 0 Å². The summed E-state index contributed by atoms with van der Waals surface area (Å²) in [4.78, 5) is 24.8. The Kier molecular flexibility index (Phi) is 9.41. The first-order valence-corrected chi connectivity index (χ1v) is 13.0. The first-order valence-electron chi connectivity index (χ1n) is 10.5. The quantitative estimate of drug-likeness (QED) is 0.314. The van der Waals surface area contributed by atoms with Gasteiger partial charge < -0.3 is 15.2 Å². The number of nitrogens with one attached hydrogen (secondary N) is 2. The third-order valence-corrected chi connectivity index (χ3v) is 7.24. The number of nitrogens with zero attached hydrogens (tertiary/aromatic N) is 3. The van der Waals surface area contributed by atoms with Gasteiger partial charge in [-0.05, 0) is 47.9 Å². The van der Waals surface area contributed by atoms with Crippen LogP contribution in [-0.4, -0.2) is 38.9 Å². The number of carbonyl (C=O) groups excluding carboxylic acids is 2. The monoisotopic (exact) mass is 583 g/mol. The fourth-order valence-corrected chi connectivity index (χ4v) is 4.56. The van der Waals surface area contributed by atoms with Crippen molar-refractivity contribution in [3.8, 4) is 0 Å². The van der Waals surface area contributed by atoms with Crippen LogP contribution in [0, 0.1) is 0 Å². The summed E-state index contributed by atoms with van der Waals surface area (Å²) in [7, 11) is 1.84. The maximum Gasteiger partial charge on any atom is 0.251 e. The van der Waals surface area contributed by atoms with Crippen molar-refractivity contribution in [2.24, 2.45) is 7.05 Å². The zero-order chi connectivity index (χ0) is 24.8. The van der Waals surface area contributed by atoms with Crippen LogP contribution in [0.1, 0.15) is 41.5 Å². The SMILES string of the molecule is CC(C)c1cc(Br)ccc1NC(=O)CSc1nnc(CCNC(=O)c2ccc(Cl)c(Cl)c2)n1C. The molecule has 180 valence electrons. The predicted octanol–water partition coefficient (Wildman–Crippen LogP) is 5.71. The third-order valence-electron chi connectivity index (χ3n) is 4.98. The fourth-order valence-electron chi connectivity index (χ4n) is 3.16. The van der Waals surface area contributed by atoms with Gasteiger partial charge in [0.15, 0.2) is 5.16 Å². The Labute approximate surface area is 221 Å². The van der Waals surface area contributed by atoms with E-state index in [0.717, 1.165) is 15.7 Å². The highest BCUT2D eigenvalue weighted by Crippen LogP contribution is 2.28. The van der Waals surface area contributed by atoms with Crippen LogP contribution in [0.5, 0.6) is 0 Å². The summed E-state index contributed by atoms with van der Waals surface area (Å²) >= 11 is 16.6. The van der Waals surface area contributed by atoms with E-state index < -0.39 is 0 Å². The molecule has 2 N–H and O–H groups in total. The molecule has 0 bridgehead atoms. The second kappa shape index (κ2) is 12.1. The molecule has 1 heterocycles. The summed E-state index contributed by atoms with van der Waals surface area (Å²) in [6, 6.07) is 10.5. The number of aromatic nitrogens is 3. The summed E-state index contributed by atoms with van der Waals surface area (Å²) in [6.45, 7) is 4.54. The molecule has 7 nitrogen and oxygen atoms in total. The topological polar surface area (TPSA) is 88.9 Å². The van der Waals surface area contributed by atoms with Crippen LogP contribution < -0.4 is 10.6 Å². The second-order valence-corrected chi connectivity index (χ2v) is 10.5. The van der Waals surface area contributed by atoms with Gasteiger partial charge in [0.25, 0.3) is 5.91 Å². The minimum atomic E-state index is -0.249. The molecular formula is C23H24BrCl2N5O2S. The molecule has 0 radical (unpaired) electrons. The zero-order valence-electron chi connectivity index (χ0n) is 18.9. The van der Waals surface area contributed by atoms with E-state index in [1.165, 1.54) is 17.8 Å². The van der Waals surface area contributed by atoms with Gasteiger partial charge in [-0.15, -0.1) is 10.2 Å². The van der Waals surface area contributed by atoms with E-state index >= 15 is 0 Å². The smallest absolute Gasteiger partial charge is 0.251 e. The Morgan fingerprint density at radius 1 is 1.12 bits per heavy atom. The number of hydrogen-bond acceptors (Lipinski definition) is 5. The number of hydrogen-bond donors (Lipinski definition) is 2. The molecule has 3 rings (SSSR count). The van der Waals surface area contributed by atoms with E-state index in [4.69, 9.17) is 23.2 Å². The maximum absolute atomic E-state index is 12.5. The van der Waals surface area contributed by atoms with Crippen LogP contribution in [0.4, 0.5) is 5.69 Å². The molecule has 0 fully saturated rings. The molecule has 0 spiro atoms. The molecule has 3 aromatic rings. The Morgan fingerprint density at radius 3 is 2.59 bits per heavy atom.